The van der Waals surface area contributed by atoms with E-state index >= 15 is 0 Å². The average Bonchev–Trinajstić information content (AvgIpc) is 2.35. The molecule has 0 spiro atoms. The molecule has 1 fully saturated rings. The molecule has 100 valence electrons. The number of amides is 1. The fourth-order valence-electron chi connectivity index (χ4n) is 2.20. The highest BCUT2D eigenvalue weighted by Crippen LogP contribution is 2.11. The second-order valence-corrected chi connectivity index (χ2v) is 5.05. The van der Waals surface area contributed by atoms with Crippen LogP contribution in [0.2, 0.25) is 0 Å². The Hall–Kier alpha value is -0.610. The van der Waals surface area contributed by atoms with Crippen LogP contribution in [0.15, 0.2) is 0 Å². The maximum Gasteiger partial charge on any atom is 0.220 e. The van der Waals surface area contributed by atoms with Crippen LogP contribution in [0.1, 0.15) is 39.0 Å². The fourth-order valence-corrected chi connectivity index (χ4v) is 2.20. The first-order valence-corrected chi connectivity index (χ1v) is 6.71. The van der Waals surface area contributed by atoms with Gasteiger partial charge in [-0.05, 0) is 31.7 Å². The van der Waals surface area contributed by atoms with E-state index in [2.05, 4.69) is 17.6 Å². The molecule has 0 aromatic carbocycles. The molecule has 0 bridgehead atoms. The van der Waals surface area contributed by atoms with Gasteiger partial charge < -0.3 is 15.4 Å². The van der Waals surface area contributed by atoms with Crippen LogP contribution in [0.5, 0.6) is 0 Å². The Kier molecular flexibility index (Phi) is 7.21. The summed E-state index contributed by atoms with van der Waals surface area (Å²) in [6, 6.07) is 0.547. The molecular weight excluding hydrogens is 216 g/mol. The number of carbonyl (C=O) groups excluding carboxylic acids is 1. The van der Waals surface area contributed by atoms with E-state index in [1.165, 1.54) is 19.3 Å². The quantitative estimate of drug-likeness (QED) is 0.707. The second kappa shape index (κ2) is 8.48. The standard InChI is InChI=1S/C13H26N2O2/c1-11(10-17-2)9-15-13(16)7-6-12-5-3-4-8-14-12/h11-12,14H,3-10H2,1-2H3,(H,15,16). The van der Waals surface area contributed by atoms with Gasteiger partial charge in [0.1, 0.15) is 0 Å². The van der Waals surface area contributed by atoms with Gasteiger partial charge in [-0.1, -0.05) is 13.3 Å². The molecule has 17 heavy (non-hydrogen) atoms. The first-order chi connectivity index (χ1) is 8.22. The van der Waals surface area contributed by atoms with Gasteiger partial charge in [0.15, 0.2) is 0 Å². The van der Waals surface area contributed by atoms with E-state index in [4.69, 9.17) is 4.74 Å². The first-order valence-electron chi connectivity index (χ1n) is 6.71. The summed E-state index contributed by atoms with van der Waals surface area (Å²) in [5, 5.41) is 6.42. The van der Waals surface area contributed by atoms with E-state index in [9.17, 15) is 4.79 Å². The maximum absolute atomic E-state index is 11.6. The Bertz CT molecular complexity index is 215. The third-order valence-electron chi connectivity index (χ3n) is 3.23. The number of methoxy groups -OCH3 is 1. The largest absolute Gasteiger partial charge is 0.384 e. The molecular formula is C13H26N2O2. The van der Waals surface area contributed by atoms with E-state index in [1.54, 1.807) is 7.11 Å². The monoisotopic (exact) mass is 242 g/mol. The van der Waals surface area contributed by atoms with E-state index in [1.807, 2.05) is 0 Å². The van der Waals surface area contributed by atoms with Crippen molar-refractivity contribution in [2.24, 2.45) is 5.92 Å². The van der Waals surface area contributed by atoms with Crippen molar-refractivity contribution in [3.8, 4) is 0 Å². The van der Waals surface area contributed by atoms with Gasteiger partial charge in [-0.15, -0.1) is 0 Å². The van der Waals surface area contributed by atoms with Crippen molar-refractivity contribution in [2.75, 3.05) is 26.8 Å². The normalized spacial score (nSPS) is 22.1. The summed E-state index contributed by atoms with van der Waals surface area (Å²) in [4.78, 5) is 11.6. The zero-order chi connectivity index (χ0) is 12.5. The Morgan fingerprint density at radius 3 is 3.00 bits per heavy atom. The summed E-state index contributed by atoms with van der Waals surface area (Å²) in [5.41, 5.74) is 0. The zero-order valence-electron chi connectivity index (χ0n) is 11.1. The lowest BCUT2D eigenvalue weighted by molar-refractivity contribution is -0.121. The van der Waals surface area contributed by atoms with Crippen molar-refractivity contribution >= 4 is 5.91 Å². The first kappa shape index (κ1) is 14.5. The summed E-state index contributed by atoms with van der Waals surface area (Å²) in [5.74, 6) is 0.553. The van der Waals surface area contributed by atoms with Crippen LogP contribution < -0.4 is 10.6 Å². The van der Waals surface area contributed by atoms with Crippen LogP contribution in [-0.4, -0.2) is 38.8 Å². The van der Waals surface area contributed by atoms with Crippen molar-refractivity contribution in [2.45, 2.75) is 45.1 Å². The Labute approximate surface area is 104 Å². The number of nitrogens with one attached hydrogen (secondary N) is 2. The van der Waals surface area contributed by atoms with E-state index in [-0.39, 0.29) is 5.91 Å². The van der Waals surface area contributed by atoms with Crippen LogP contribution in [0.4, 0.5) is 0 Å². The zero-order valence-corrected chi connectivity index (χ0v) is 11.1. The minimum absolute atomic E-state index is 0.167. The minimum atomic E-state index is 0.167. The third kappa shape index (κ3) is 6.64. The molecule has 2 N–H and O–H groups in total. The van der Waals surface area contributed by atoms with Gasteiger partial charge in [-0.25, -0.2) is 0 Å². The third-order valence-corrected chi connectivity index (χ3v) is 3.23. The Morgan fingerprint density at radius 1 is 1.53 bits per heavy atom. The maximum atomic E-state index is 11.6. The molecule has 1 aliphatic rings. The number of carbonyl (C=O) groups is 1. The predicted octanol–water partition coefficient (Wildman–Crippen LogP) is 1.31. The van der Waals surface area contributed by atoms with Crippen molar-refractivity contribution in [3.63, 3.8) is 0 Å². The van der Waals surface area contributed by atoms with Crippen molar-refractivity contribution < 1.29 is 9.53 Å². The van der Waals surface area contributed by atoms with Gasteiger partial charge in [0, 0.05) is 26.1 Å². The van der Waals surface area contributed by atoms with Crippen LogP contribution in [-0.2, 0) is 9.53 Å². The fraction of sp³-hybridized carbons (Fsp3) is 0.923. The van der Waals surface area contributed by atoms with Crippen LogP contribution in [0, 0.1) is 5.92 Å². The highest BCUT2D eigenvalue weighted by atomic mass is 16.5. The smallest absolute Gasteiger partial charge is 0.220 e. The number of hydrogen-bond acceptors (Lipinski definition) is 3. The van der Waals surface area contributed by atoms with Crippen molar-refractivity contribution in [3.05, 3.63) is 0 Å². The van der Waals surface area contributed by atoms with Crippen molar-refractivity contribution in [1.29, 1.82) is 0 Å². The molecule has 1 heterocycles. The topological polar surface area (TPSA) is 50.4 Å². The summed E-state index contributed by atoms with van der Waals surface area (Å²) >= 11 is 0. The van der Waals surface area contributed by atoms with Crippen LogP contribution in [0.3, 0.4) is 0 Å². The molecule has 0 aromatic rings. The molecule has 1 aliphatic heterocycles. The lowest BCUT2D eigenvalue weighted by atomic mass is 10.0. The van der Waals surface area contributed by atoms with Gasteiger partial charge in [-0.3, -0.25) is 4.79 Å². The lowest BCUT2D eigenvalue weighted by Crippen LogP contribution is -2.36. The Balaban J connectivity index is 2.04. The molecule has 0 radical (unpaired) electrons. The molecule has 2 atom stereocenters. The summed E-state index contributed by atoms with van der Waals surface area (Å²) in [6.45, 7) is 4.60. The van der Waals surface area contributed by atoms with E-state index in [0.717, 1.165) is 13.0 Å². The molecule has 2 unspecified atom stereocenters. The molecule has 4 nitrogen and oxygen atoms in total. The molecule has 1 amide bonds. The Morgan fingerprint density at radius 2 is 2.35 bits per heavy atom. The number of ether oxygens (including phenoxy) is 1. The molecule has 4 heteroatoms. The molecule has 0 aliphatic carbocycles. The lowest BCUT2D eigenvalue weighted by Gasteiger charge is -2.23. The second-order valence-electron chi connectivity index (χ2n) is 5.05. The predicted molar refractivity (Wildman–Crippen MR) is 68.9 cm³/mol. The van der Waals surface area contributed by atoms with Crippen LogP contribution >= 0.6 is 0 Å². The summed E-state index contributed by atoms with van der Waals surface area (Å²) in [6.07, 6.45) is 5.39. The highest BCUT2D eigenvalue weighted by Gasteiger charge is 2.14. The van der Waals surface area contributed by atoms with E-state index in [0.29, 0.717) is 31.5 Å². The van der Waals surface area contributed by atoms with Crippen molar-refractivity contribution in [1.82, 2.24) is 10.6 Å². The summed E-state index contributed by atoms with van der Waals surface area (Å²) in [7, 11) is 1.69. The number of rotatable bonds is 7. The molecule has 0 saturated carbocycles. The SMILES string of the molecule is COCC(C)CNC(=O)CCC1CCCCN1. The highest BCUT2D eigenvalue weighted by molar-refractivity contribution is 5.75. The van der Waals surface area contributed by atoms with Gasteiger partial charge in [0.2, 0.25) is 5.91 Å². The minimum Gasteiger partial charge on any atom is -0.384 e. The number of piperidine rings is 1. The molecule has 0 aromatic heterocycles. The van der Waals surface area contributed by atoms with E-state index < -0.39 is 0 Å². The number of hydrogen-bond donors (Lipinski definition) is 2. The average molecular weight is 242 g/mol. The van der Waals surface area contributed by atoms with Gasteiger partial charge in [0.05, 0.1) is 6.61 Å². The molecule has 1 rings (SSSR count). The molecule has 1 saturated heterocycles. The van der Waals surface area contributed by atoms with Gasteiger partial charge in [0.25, 0.3) is 0 Å². The van der Waals surface area contributed by atoms with Gasteiger partial charge in [-0.2, -0.15) is 0 Å². The van der Waals surface area contributed by atoms with Crippen LogP contribution in [0.25, 0.3) is 0 Å². The summed E-state index contributed by atoms with van der Waals surface area (Å²) < 4.78 is 5.03. The van der Waals surface area contributed by atoms with Gasteiger partial charge >= 0.3 is 0 Å².